The minimum atomic E-state index is -4.60. The number of fused-ring (bicyclic) bond motifs is 1. The number of aromatic nitrogens is 4. The molecule has 0 spiro atoms. The number of anilines is 1. The monoisotopic (exact) mass is 367 g/mol. The summed E-state index contributed by atoms with van der Waals surface area (Å²) in [4.78, 5) is 11.2. The number of hydrogen-bond acceptors (Lipinski definition) is 9. The van der Waals surface area contributed by atoms with Crippen LogP contribution < -0.4 is 5.73 Å². The molecule has 3 heterocycles. The molecule has 4 unspecified atom stereocenters. The van der Waals surface area contributed by atoms with Gasteiger partial charge >= 0.3 is 5.51 Å². The molecule has 4 atom stereocenters. The number of thioether (sulfide) groups is 1. The van der Waals surface area contributed by atoms with Crippen LogP contribution in [0.25, 0.3) is 11.2 Å². The number of nitrogen functional groups attached to an aromatic ring is 1. The van der Waals surface area contributed by atoms with E-state index < -0.39 is 53.6 Å². The number of hydrogen-bond donors (Lipinski definition) is 4. The average Bonchev–Trinajstić information content (AvgIpc) is 3.00. The third-order valence-electron chi connectivity index (χ3n) is 3.43. The summed E-state index contributed by atoms with van der Waals surface area (Å²) in [6.07, 6.45) is -3.90. The van der Waals surface area contributed by atoms with Crippen LogP contribution >= 0.6 is 11.8 Å². The van der Waals surface area contributed by atoms with Gasteiger partial charge < -0.3 is 25.8 Å². The zero-order valence-corrected chi connectivity index (χ0v) is 12.6. The second-order valence-corrected chi connectivity index (χ2v) is 6.02. The van der Waals surface area contributed by atoms with Gasteiger partial charge in [0.15, 0.2) is 22.8 Å². The van der Waals surface area contributed by atoms with Crippen molar-refractivity contribution in [3.63, 3.8) is 0 Å². The summed E-state index contributed by atoms with van der Waals surface area (Å²) in [6.45, 7) is -0.548. The highest BCUT2D eigenvalue weighted by Gasteiger charge is 2.44. The molecule has 1 saturated heterocycles. The maximum absolute atomic E-state index is 12.5. The SMILES string of the molecule is Nc1nc(SC(F)(F)F)nc2c1ncn2C1OC(CO)C(O)C1O. The first-order valence-electron chi connectivity index (χ1n) is 6.59. The van der Waals surface area contributed by atoms with E-state index in [1.54, 1.807) is 0 Å². The van der Waals surface area contributed by atoms with Crippen LogP contribution in [0.1, 0.15) is 6.23 Å². The number of alkyl halides is 3. The van der Waals surface area contributed by atoms with Crippen LogP contribution in [0.2, 0.25) is 0 Å². The predicted molar refractivity (Wildman–Crippen MR) is 74.7 cm³/mol. The van der Waals surface area contributed by atoms with Gasteiger partial charge in [-0.1, -0.05) is 0 Å². The highest BCUT2D eigenvalue weighted by molar-refractivity contribution is 8.00. The lowest BCUT2D eigenvalue weighted by Crippen LogP contribution is -2.33. The quantitative estimate of drug-likeness (QED) is 0.423. The van der Waals surface area contributed by atoms with Gasteiger partial charge in [-0.15, -0.1) is 0 Å². The van der Waals surface area contributed by atoms with Crippen LogP contribution in [0.4, 0.5) is 19.0 Å². The van der Waals surface area contributed by atoms with Gasteiger partial charge in [-0.25, -0.2) is 15.0 Å². The van der Waals surface area contributed by atoms with Gasteiger partial charge in [-0.05, 0) is 0 Å². The van der Waals surface area contributed by atoms with E-state index in [9.17, 15) is 23.4 Å². The number of rotatable bonds is 3. The Morgan fingerprint density at radius 2 is 2.00 bits per heavy atom. The molecule has 3 rings (SSSR count). The standard InChI is InChI=1S/C11H12F3N5O4S/c12-11(13,14)24-10-17-7(15)4-8(18-10)19(2-16-4)9-6(22)5(21)3(1-20)23-9/h2-3,5-6,9,20-22H,1H2,(H2,15,17,18). The first-order chi connectivity index (χ1) is 11.2. The summed E-state index contributed by atoms with van der Waals surface area (Å²) in [7, 11) is 0. The highest BCUT2D eigenvalue weighted by Crippen LogP contribution is 2.37. The number of aliphatic hydroxyl groups excluding tert-OH is 3. The van der Waals surface area contributed by atoms with E-state index in [-0.39, 0.29) is 17.0 Å². The fourth-order valence-electron chi connectivity index (χ4n) is 2.36. The first-order valence-corrected chi connectivity index (χ1v) is 7.41. The smallest absolute Gasteiger partial charge is 0.394 e. The van der Waals surface area contributed by atoms with Crippen molar-refractivity contribution < 1.29 is 33.2 Å². The zero-order chi connectivity index (χ0) is 17.6. The van der Waals surface area contributed by atoms with Crippen LogP contribution in [0.5, 0.6) is 0 Å². The van der Waals surface area contributed by atoms with Crippen molar-refractivity contribution in [3.05, 3.63) is 6.33 Å². The summed E-state index contributed by atoms with van der Waals surface area (Å²) in [5.41, 5.74) is 0.932. The molecule has 0 amide bonds. The molecule has 24 heavy (non-hydrogen) atoms. The van der Waals surface area contributed by atoms with Gasteiger partial charge in [0.05, 0.1) is 12.9 Å². The topological polar surface area (TPSA) is 140 Å². The van der Waals surface area contributed by atoms with Crippen molar-refractivity contribution >= 4 is 28.7 Å². The summed E-state index contributed by atoms with van der Waals surface area (Å²) in [5.74, 6) is -0.266. The second-order valence-electron chi connectivity index (χ2n) is 4.99. The maximum atomic E-state index is 12.5. The number of imidazole rings is 1. The maximum Gasteiger partial charge on any atom is 0.449 e. The third kappa shape index (κ3) is 3.00. The molecular weight excluding hydrogens is 355 g/mol. The van der Waals surface area contributed by atoms with E-state index in [1.165, 1.54) is 0 Å². The van der Waals surface area contributed by atoms with Crippen molar-refractivity contribution in [2.24, 2.45) is 0 Å². The van der Waals surface area contributed by atoms with E-state index in [0.29, 0.717) is 0 Å². The zero-order valence-electron chi connectivity index (χ0n) is 11.8. The Labute approximate surface area is 136 Å². The van der Waals surface area contributed by atoms with Gasteiger partial charge in [0.2, 0.25) is 0 Å². The van der Waals surface area contributed by atoms with E-state index in [0.717, 1.165) is 10.9 Å². The number of nitrogens with two attached hydrogens (primary N) is 1. The molecular formula is C11H12F3N5O4S. The normalized spacial score (nSPS) is 27.9. The lowest BCUT2D eigenvalue weighted by molar-refractivity contribution is -0.0511. The Hall–Kier alpha value is -1.67. The van der Waals surface area contributed by atoms with Crippen molar-refractivity contribution in [3.8, 4) is 0 Å². The van der Waals surface area contributed by atoms with Crippen molar-refractivity contribution in [1.82, 2.24) is 19.5 Å². The fraction of sp³-hybridized carbons (Fsp3) is 0.545. The van der Waals surface area contributed by atoms with E-state index in [1.807, 2.05) is 0 Å². The average molecular weight is 367 g/mol. The van der Waals surface area contributed by atoms with Crippen LogP contribution in [0.15, 0.2) is 11.5 Å². The van der Waals surface area contributed by atoms with Crippen LogP contribution in [0.3, 0.4) is 0 Å². The lowest BCUT2D eigenvalue weighted by atomic mass is 10.1. The number of aliphatic hydroxyl groups is 3. The van der Waals surface area contributed by atoms with Crippen LogP contribution in [-0.2, 0) is 4.74 Å². The summed E-state index contributed by atoms with van der Waals surface area (Å²) < 4.78 is 44.0. The Kier molecular flexibility index (Phi) is 4.29. The van der Waals surface area contributed by atoms with Gasteiger partial charge in [-0.2, -0.15) is 13.2 Å². The van der Waals surface area contributed by atoms with Crippen molar-refractivity contribution in [2.75, 3.05) is 12.3 Å². The minimum absolute atomic E-state index is 0.0271. The highest BCUT2D eigenvalue weighted by atomic mass is 32.2. The molecule has 1 aliphatic heterocycles. The van der Waals surface area contributed by atoms with Crippen molar-refractivity contribution in [1.29, 1.82) is 0 Å². The molecule has 9 nitrogen and oxygen atoms in total. The Balaban J connectivity index is 2.03. The second kappa shape index (κ2) is 6.00. The fourth-order valence-corrected chi connectivity index (χ4v) is 2.85. The largest absolute Gasteiger partial charge is 0.449 e. The molecule has 1 aliphatic rings. The first kappa shape index (κ1) is 17.2. The molecule has 13 heteroatoms. The summed E-state index contributed by atoms with van der Waals surface area (Å²) in [6, 6.07) is 0. The summed E-state index contributed by atoms with van der Waals surface area (Å²) in [5, 5.41) is 28.3. The van der Waals surface area contributed by atoms with E-state index in [4.69, 9.17) is 15.6 Å². The van der Waals surface area contributed by atoms with Crippen LogP contribution in [-0.4, -0.2) is 65.3 Å². The number of halogens is 3. The summed E-state index contributed by atoms with van der Waals surface area (Å²) >= 11 is -0.545. The lowest BCUT2D eigenvalue weighted by Gasteiger charge is -2.16. The van der Waals surface area contributed by atoms with Gasteiger partial charge in [0, 0.05) is 11.8 Å². The van der Waals surface area contributed by atoms with Crippen LogP contribution in [0, 0.1) is 0 Å². The number of nitrogens with zero attached hydrogens (tertiary/aromatic N) is 4. The van der Waals surface area contributed by atoms with Gasteiger partial charge in [-0.3, -0.25) is 4.57 Å². The Morgan fingerprint density at radius 3 is 2.58 bits per heavy atom. The van der Waals surface area contributed by atoms with E-state index >= 15 is 0 Å². The Bertz CT molecular complexity index is 757. The molecule has 0 radical (unpaired) electrons. The molecule has 2 aromatic rings. The predicted octanol–water partition coefficient (Wildman–Crippen LogP) is -0.368. The molecule has 2 aromatic heterocycles. The van der Waals surface area contributed by atoms with E-state index in [2.05, 4.69) is 15.0 Å². The molecule has 0 bridgehead atoms. The molecule has 0 saturated carbocycles. The molecule has 1 fully saturated rings. The molecule has 0 aromatic carbocycles. The third-order valence-corrected chi connectivity index (χ3v) is 4.02. The molecule has 5 N–H and O–H groups in total. The minimum Gasteiger partial charge on any atom is -0.394 e. The van der Waals surface area contributed by atoms with Crippen molar-refractivity contribution in [2.45, 2.75) is 35.2 Å². The molecule has 0 aliphatic carbocycles. The molecule has 132 valence electrons. The van der Waals surface area contributed by atoms with Gasteiger partial charge in [0.25, 0.3) is 0 Å². The Morgan fingerprint density at radius 1 is 1.29 bits per heavy atom. The number of ether oxygens (including phenoxy) is 1. The van der Waals surface area contributed by atoms with Gasteiger partial charge in [0.1, 0.15) is 23.8 Å².